The number of nitrogens with zero attached hydrogens (tertiary/aromatic N) is 1. The van der Waals surface area contributed by atoms with Crippen LogP contribution in [0.3, 0.4) is 0 Å². The van der Waals surface area contributed by atoms with Crippen molar-refractivity contribution in [2.75, 3.05) is 0 Å². The second kappa shape index (κ2) is 9.88. The number of nitriles is 1. The predicted molar refractivity (Wildman–Crippen MR) is 152 cm³/mol. The molecule has 1 amide bonds. The fourth-order valence-electron chi connectivity index (χ4n) is 8.90. The van der Waals surface area contributed by atoms with Crippen LogP contribution in [0, 0.1) is 45.8 Å². The Hall–Kier alpha value is -3.12. The van der Waals surface area contributed by atoms with Crippen LogP contribution in [-0.2, 0) is 11.2 Å². The van der Waals surface area contributed by atoms with Gasteiger partial charge in [-0.05, 0) is 103 Å². The molecule has 196 valence electrons. The second-order valence-corrected chi connectivity index (χ2v) is 12.8. The maximum Gasteiger partial charge on any atom is 0.224 e. The molecule has 0 spiro atoms. The summed E-state index contributed by atoms with van der Waals surface area (Å²) in [4.78, 5) is 14.0. The van der Waals surface area contributed by atoms with E-state index in [1.165, 1.54) is 23.1 Å². The van der Waals surface area contributed by atoms with Gasteiger partial charge in [0.1, 0.15) is 0 Å². The summed E-state index contributed by atoms with van der Waals surface area (Å²) < 4.78 is 0. The monoisotopic (exact) mass is 504 g/mol. The Morgan fingerprint density at radius 2 is 1.74 bits per heavy atom. The quantitative estimate of drug-likeness (QED) is 0.453. The molecule has 0 radical (unpaired) electrons. The number of hydrogen-bond donors (Lipinski definition) is 1. The number of hydrogen-bond acceptors (Lipinski definition) is 2. The zero-order valence-electron chi connectivity index (χ0n) is 22.8. The third-order valence-corrected chi connectivity index (χ3v) is 11.0. The number of allylic oxidation sites excluding steroid dienone is 4. The molecule has 0 aliphatic heterocycles. The summed E-state index contributed by atoms with van der Waals surface area (Å²) >= 11 is 0. The summed E-state index contributed by atoms with van der Waals surface area (Å²) in [5.74, 6) is 2.22. The third kappa shape index (κ3) is 4.23. The number of fused-ring (bicyclic) bond motifs is 5. The lowest BCUT2D eigenvalue weighted by Crippen LogP contribution is -2.51. The van der Waals surface area contributed by atoms with Gasteiger partial charge in [0.25, 0.3) is 0 Å². The van der Waals surface area contributed by atoms with Crippen LogP contribution in [0.2, 0.25) is 0 Å². The van der Waals surface area contributed by atoms with E-state index in [2.05, 4.69) is 85.9 Å². The molecule has 0 heterocycles. The van der Waals surface area contributed by atoms with Gasteiger partial charge in [0.15, 0.2) is 0 Å². The van der Waals surface area contributed by atoms with Gasteiger partial charge in [-0.15, -0.1) is 0 Å². The van der Waals surface area contributed by atoms with Crippen molar-refractivity contribution in [2.45, 2.75) is 71.3 Å². The van der Waals surface area contributed by atoms with Crippen LogP contribution in [-0.4, -0.2) is 5.91 Å². The molecule has 0 saturated heterocycles. The van der Waals surface area contributed by atoms with E-state index in [9.17, 15) is 10.1 Å². The van der Waals surface area contributed by atoms with Crippen LogP contribution in [0.5, 0.6) is 0 Å². The standard InChI is InChI=1S/C35H40N2O/c1-34-19-17-25(23-36)21-27(34)13-14-28-29-15-16-31(35(29,2)20-18-30(28)34)33(38)37-32(26-11-7-4-8-12-26)22-24-9-5-3-6-10-24/h3-13,21,28-32H,14-20,22H2,1-2H3,(H,37,38)/t28-,29-,30-,31+,32?,34-,35-/m0/s1. The van der Waals surface area contributed by atoms with Crippen molar-refractivity contribution in [1.82, 2.24) is 5.32 Å². The average molecular weight is 505 g/mol. The second-order valence-electron chi connectivity index (χ2n) is 12.8. The first kappa shape index (κ1) is 25.2. The zero-order chi connectivity index (χ0) is 26.3. The van der Waals surface area contributed by atoms with Crippen molar-refractivity contribution >= 4 is 5.91 Å². The molecule has 2 saturated carbocycles. The van der Waals surface area contributed by atoms with Crippen molar-refractivity contribution in [3.63, 3.8) is 0 Å². The van der Waals surface area contributed by atoms with Crippen molar-refractivity contribution in [2.24, 2.45) is 34.5 Å². The SMILES string of the molecule is C[C@]12CC[C@H]3[C@@H](CC=C4C=C(C#N)CC[C@@]43C)[C@@H]1CC[C@@H]2C(=O)NC(Cc1ccccc1)c1ccccc1. The highest BCUT2D eigenvalue weighted by Crippen LogP contribution is 2.66. The summed E-state index contributed by atoms with van der Waals surface area (Å²) in [7, 11) is 0. The highest BCUT2D eigenvalue weighted by molar-refractivity contribution is 5.80. The molecule has 6 rings (SSSR count). The van der Waals surface area contributed by atoms with E-state index in [-0.39, 0.29) is 28.7 Å². The van der Waals surface area contributed by atoms with E-state index >= 15 is 0 Å². The summed E-state index contributed by atoms with van der Waals surface area (Å²) in [6.07, 6.45) is 13.0. The number of rotatable bonds is 5. The first-order valence-electron chi connectivity index (χ1n) is 14.6. The van der Waals surface area contributed by atoms with Gasteiger partial charge in [-0.2, -0.15) is 5.26 Å². The lowest BCUT2D eigenvalue weighted by atomic mass is 9.48. The zero-order valence-corrected chi connectivity index (χ0v) is 22.8. The number of benzene rings is 2. The van der Waals surface area contributed by atoms with Crippen LogP contribution in [0.4, 0.5) is 0 Å². The van der Waals surface area contributed by atoms with Crippen molar-refractivity contribution < 1.29 is 4.79 Å². The number of nitrogens with one attached hydrogen (secondary N) is 1. The Kier molecular flexibility index (Phi) is 6.55. The minimum absolute atomic E-state index is 0.0208. The van der Waals surface area contributed by atoms with E-state index in [0.29, 0.717) is 17.8 Å². The van der Waals surface area contributed by atoms with E-state index in [1.54, 1.807) is 0 Å². The molecule has 0 bridgehead atoms. The van der Waals surface area contributed by atoms with Gasteiger partial charge in [-0.25, -0.2) is 0 Å². The predicted octanol–water partition coefficient (Wildman–Crippen LogP) is 7.73. The van der Waals surface area contributed by atoms with Crippen molar-refractivity contribution in [1.29, 1.82) is 5.26 Å². The van der Waals surface area contributed by atoms with Gasteiger partial charge in [0.2, 0.25) is 5.91 Å². The third-order valence-electron chi connectivity index (χ3n) is 11.0. The smallest absolute Gasteiger partial charge is 0.224 e. The van der Waals surface area contributed by atoms with Crippen molar-refractivity contribution in [3.05, 3.63) is 95.1 Å². The Bertz CT molecular complexity index is 1290. The first-order valence-corrected chi connectivity index (χ1v) is 14.6. The highest BCUT2D eigenvalue weighted by atomic mass is 16.2. The Morgan fingerprint density at radius 1 is 1.00 bits per heavy atom. The van der Waals surface area contributed by atoms with Crippen LogP contribution in [0.1, 0.15) is 76.0 Å². The summed E-state index contributed by atoms with van der Waals surface area (Å²) in [5.41, 5.74) is 5.00. The number of carbonyl (C=O) groups is 1. The molecule has 3 heteroatoms. The summed E-state index contributed by atoms with van der Waals surface area (Å²) in [5, 5.41) is 13.0. The van der Waals surface area contributed by atoms with Gasteiger partial charge in [-0.3, -0.25) is 4.79 Å². The molecule has 2 aromatic carbocycles. The fraction of sp³-hybridized carbons (Fsp3) is 0.486. The van der Waals surface area contributed by atoms with Crippen LogP contribution in [0.25, 0.3) is 0 Å². The van der Waals surface area contributed by atoms with Gasteiger partial charge in [0.05, 0.1) is 12.1 Å². The van der Waals surface area contributed by atoms with Crippen LogP contribution < -0.4 is 5.32 Å². The maximum atomic E-state index is 14.0. The summed E-state index contributed by atoms with van der Waals surface area (Å²) in [6.45, 7) is 4.88. The first-order chi connectivity index (χ1) is 18.4. The molecule has 2 fully saturated rings. The normalized spacial score (nSPS) is 34.4. The van der Waals surface area contributed by atoms with Gasteiger partial charge in [-0.1, -0.05) is 80.6 Å². The lowest BCUT2D eigenvalue weighted by molar-refractivity contribution is -0.132. The van der Waals surface area contributed by atoms with E-state index in [0.717, 1.165) is 50.5 Å². The average Bonchev–Trinajstić information content (AvgIpc) is 3.30. The molecule has 4 aliphatic carbocycles. The molecule has 1 N–H and O–H groups in total. The molecule has 4 aliphatic rings. The minimum atomic E-state index is -0.0208. The molecule has 3 nitrogen and oxygen atoms in total. The Balaban J connectivity index is 1.22. The molecule has 0 aromatic heterocycles. The topological polar surface area (TPSA) is 52.9 Å². The molecule has 7 atom stereocenters. The number of carbonyl (C=O) groups excluding carboxylic acids is 1. The van der Waals surface area contributed by atoms with Crippen molar-refractivity contribution in [3.8, 4) is 6.07 Å². The maximum absolute atomic E-state index is 14.0. The van der Waals surface area contributed by atoms with E-state index in [4.69, 9.17) is 0 Å². The minimum Gasteiger partial charge on any atom is -0.349 e. The largest absolute Gasteiger partial charge is 0.349 e. The van der Waals surface area contributed by atoms with E-state index < -0.39 is 0 Å². The number of amides is 1. The van der Waals surface area contributed by atoms with Crippen LogP contribution in [0.15, 0.2) is 84.0 Å². The molecular weight excluding hydrogens is 464 g/mol. The highest BCUT2D eigenvalue weighted by Gasteiger charge is 2.59. The molecular formula is C35H40N2O. The summed E-state index contributed by atoms with van der Waals surface area (Å²) in [6, 6.07) is 23.4. The van der Waals surface area contributed by atoms with Gasteiger partial charge in [0, 0.05) is 11.5 Å². The molecule has 1 unspecified atom stereocenters. The van der Waals surface area contributed by atoms with Gasteiger partial charge < -0.3 is 5.32 Å². The molecule has 38 heavy (non-hydrogen) atoms. The lowest BCUT2D eigenvalue weighted by Gasteiger charge is -2.56. The Morgan fingerprint density at radius 3 is 2.47 bits per heavy atom. The van der Waals surface area contributed by atoms with Crippen LogP contribution >= 0.6 is 0 Å². The fourth-order valence-corrected chi connectivity index (χ4v) is 8.90. The van der Waals surface area contributed by atoms with E-state index in [1.807, 2.05) is 12.1 Å². The Labute approximate surface area is 228 Å². The molecule has 2 aromatic rings. The van der Waals surface area contributed by atoms with Gasteiger partial charge >= 0.3 is 0 Å².